The van der Waals surface area contributed by atoms with Crippen LogP contribution in [0.5, 0.6) is 0 Å². The summed E-state index contributed by atoms with van der Waals surface area (Å²) in [7, 11) is 2.05. The predicted molar refractivity (Wildman–Crippen MR) is 81.2 cm³/mol. The Morgan fingerprint density at radius 2 is 1.68 bits per heavy atom. The van der Waals surface area contributed by atoms with E-state index in [0.29, 0.717) is 22.3 Å². The molecule has 4 aliphatic rings. The molecule has 0 aliphatic heterocycles. The number of hydrogen-bond donors (Lipinski definition) is 2. The summed E-state index contributed by atoms with van der Waals surface area (Å²) in [5.74, 6) is 1.02. The van der Waals surface area contributed by atoms with E-state index in [1.807, 2.05) is 7.05 Å². The van der Waals surface area contributed by atoms with Crippen LogP contribution >= 0.6 is 0 Å². The highest BCUT2D eigenvalue weighted by atomic mass is 15.0. The van der Waals surface area contributed by atoms with Gasteiger partial charge in [-0.2, -0.15) is 0 Å². The third-order valence-corrected chi connectivity index (χ3v) is 6.08. The molecule has 110 valence electrons. The van der Waals surface area contributed by atoms with Gasteiger partial charge in [-0.1, -0.05) is 13.8 Å². The molecule has 0 amide bonds. The molecule has 0 spiro atoms. The maximum atomic E-state index is 3.81. The summed E-state index contributed by atoms with van der Waals surface area (Å²) in [6.45, 7) is 9.77. The van der Waals surface area contributed by atoms with Gasteiger partial charge in [-0.25, -0.2) is 0 Å². The summed E-state index contributed by atoms with van der Waals surface area (Å²) < 4.78 is 0. The van der Waals surface area contributed by atoms with Crippen molar-refractivity contribution in [1.29, 1.82) is 0 Å². The van der Waals surface area contributed by atoms with Gasteiger partial charge in [0.05, 0.1) is 0 Å². The van der Waals surface area contributed by atoms with Crippen molar-refractivity contribution in [2.75, 3.05) is 20.1 Å². The number of likely N-dealkylation sites (N-methyl/N-ethyl adjacent to an activating group) is 1. The van der Waals surface area contributed by atoms with E-state index in [4.69, 9.17) is 0 Å². The second-order valence-corrected chi connectivity index (χ2v) is 8.97. The summed E-state index contributed by atoms with van der Waals surface area (Å²) in [5.41, 5.74) is 1.93. The molecule has 4 bridgehead atoms. The fourth-order valence-electron chi connectivity index (χ4n) is 6.65. The number of nitrogens with one attached hydrogen (secondary N) is 2. The van der Waals surface area contributed by atoms with Gasteiger partial charge in [0.15, 0.2) is 0 Å². The second kappa shape index (κ2) is 4.46. The lowest BCUT2D eigenvalue weighted by atomic mass is 9.40. The van der Waals surface area contributed by atoms with Crippen LogP contribution in [0, 0.1) is 22.2 Å². The summed E-state index contributed by atoms with van der Waals surface area (Å²) in [6, 6.07) is 0.596. The van der Waals surface area contributed by atoms with Crippen molar-refractivity contribution in [3.8, 4) is 0 Å². The lowest BCUT2D eigenvalue weighted by Crippen LogP contribution is -2.58. The molecule has 0 saturated heterocycles. The molecule has 0 aromatic heterocycles. The normalized spacial score (nSPS) is 49.6. The molecular formula is C17H32N2. The van der Waals surface area contributed by atoms with Crippen LogP contribution < -0.4 is 10.6 Å². The fourth-order valence-corrected chi connectivity index (χ4v) is 6.65. The molecule has 2 heteroatoms. The van der Waals surface area contributed by atoms with Crippen LogP contribution in [0.4, 0.5) is 0 Å². The second-order valence-electron chi connectivity index (χ2n) is 8.97. The minimum atomic E-state index is 0.596. The largest absolute Gasteiger partial charge is 0.318 e. The first-order chi connectivity index (χ1) is 8.86. The first-order valence-electron chi connectivity index (χ1n) is 8.24. The zero-order valence-corrected chi connectivity index (χ0v) is 13.3. The van der Waals surface area contributed by atoms with Gasteiger partial charge in [-0.3, -0.25) is 0 Å². The van der Waals surface area contributed by atoms with Gasteiger partial charge in [0.1, 0.15) is 0 Å². The highest BCUT2D eigenvalue weighted by molar-refractivity contribution is 5.11. The van der Waals surface area contributed by atoms with Crippen LogP contribution in [0.2, 0.25) is 0 Å². The molecular weight excluding hydrogens is 232 g/mol. The van der Waals surface area contributed by atoms with Crippen LogP contribution in [-0.2, 0) is 0 Å². The quantitative estimate of drug-likeness (QED) is 0.797. The Kier molecular flexibility index (Phi) is 3.26. The first kappa shape index (κ1) is 13.9. The Hall–Kier alpha value is -0.0800. The Balaban J connectivity index is 1.70. The van der Waals surface area contributed by atoms with Crippen molar-refractivity contribution < 1.29 is 0 Å². The Morgan fingerprint density at radius 1 is 1.05 bits per heavy atom. The van der Waals surface area contributed by atoms with Crippen molar-refractivity contribution in [3.63, 3.8) is 0 Å². The maximum Gasteiger partial charge on any atom is 0.0164 e. The summed E-state index contributed by atoms with van der Waals surface area (Å²) >= 11 is 0. The highest BCUT2D eigenvalue weighted by Crippen LogP contribution is 2.69. The molecule has 4 aliphatic carbocycles. The van der Waals surface area contributed by atoms with Crippen molar-refractivity contribution >= 4 is 0 Å². The monoisotopic (exact) mass is 264 g/mol. The Bertz CT molecular complexity index is 333. The van der Waals surface area contributed by atoms with E-state index in [9.17, 15) is 0 Å². The topological polar surface area (TPSA) is 24.1 Å². The first-order valence-corrected chi connectivity index (χ1v) is 8.24. The van der Waals surface area contributed by atoms with Crippen molar-refractivity contribution in [2.45, 2.75) is 65.3 Å². The average Bonchev–Trinajstić information content (AvgIpc) is 2.22. The Morgan fingerprint density at radius 3 is 2.21 bits per heavy atom. The zero-order valence-electron chi connectivity index (χ0n) is 13.3. The van der Waals surface area contributed by atoms with Gasteiger partial charge in [0.25, 0.3) is 0 Å². The standard InChI is InChI=1S/C17H32N2/c1-13(8-18-4)19-12-17-7-14-5-15(2,10-17)9-16(3,6-14)11-17/h13-14,18-19H,5-12H2,1-4H3. The zero-order chi connectivity index (χ0) is 13.7. The van der Waals surface area contributed by atoms with E-state index in [-0.39, 0.29) is 0 Å². The van der Waals surface area contributed by atoms with E-state index in [1.54, 1.807) is 0 Å². The van der Waals surface area contributed by atoms with Gasteiger partial charge < -0.3 is 10.6 Å². The van der Waals surface area contributed by atoms with Gasteiger partial charge in [0.2, 0.25) is 0 Å². The van der Waals surface area contributed by atoms with Crippen LogP contribution in [0.25, 0.3) is 0 Å². The van der Waals surface area contributed by atoms with Crippen molar-refractivity contribution in [3.05, 3.63) is 0 Å². The molecule has 0 aromatic carbocycles. The summed E-state index contributed by atoms with van der Waals surface area (Å²) in [4.78, 5) is 0. The molecule has 3 unspecified atom stereocenters. The van der Waals surface area contributed by atoms with Crippen molar-refractivity contribution in [2.24, 2.45) is 22.2 Å². The van der Waals surface area contributed by atoms with Gasteiger partial charge in [-0.15, -0.1) is 0 Å². The van der Waals surface area contributed by atoms with Gasteiger partial charge in [0, 0.05) is 19.1 Å². The van der Waals surface area contributed by atoms with Crippen molar-refractivity contribution in [1.82, 2.24) is 10.6 Å². The van der Waals surface area contributed by atoms with Crippen LogP contribution in [0.1, 0.15) is 59.3 Å². The highest BCUT2D eigenvalue weighted by Gasteiger charge is 2.59. The van der Waals surface area contributed by atoms with E-state index in [0.717, 1.165) is 12.5 Å². The molecule has 4 saturated carbocycles. The van der Waals surface area contributed by atoms with Crippen LogP contribution in [0.3, 0.4) is 0 Å². The molecule has 3 atom stereocenters. The number of hydrogen-bond acceptors (Lipinski definition) is 2. The third-order valence-electron chi connectivity index (χ3n) is 6.08. The predicted octanol–water partition coefficient (Wildman–Crippen LogP) is 3.18. The fraction of sp³-hybridized carbons (Fsp3) is 1.00. The summed E-state index contributed by atoms with van der Waals surface area (Å²) in [5, 5.41) is 7.09. The van der Waals surface area contributed by atoms with E-state index in [1.165, 1.54) is 45.1 Å². The van der Waals surface area contributed by atoms with Gasteiger partial charge >= 0.3 is 0 Å². The molecule has 4 fully saturated rings. The van der Waals surface area contributed by atoms with E-state index >= 15 is 0 Å². The maximum absolute atomic E-state index is 3.81. The number of rotatable bonds is 5. The average molecular weight is 264 g/mol. The van der Waals surface area contributed by atoms with E-state index in [2.05, 4.69) is 31.4 Å². The third kappa shape index (κ3) is 2.58. The molecule has 2 N–H and O–H groups in total. The van der Waals surface area contributed by atoms with Crippen LogP contribution in [-0.4, -0.2) is 26.2 Å². The van der Waals surface area contributed by atoms with Crippen LogP contribution in [0.15, 0.2) is 0 Å². The van der Waals surface area contributed by atoms with E-state index < -0.39 is 0 Å². The molecule has 0 heterocycles. The summed E-state index contributed by atoms with van der Waals surface area (Å²) in [6.07, 6.45) is 8.96. The molecule has 0 radical (unpaired) electrons. The lowest BCUT2D eigenvalue weighted by Gasteiger charge is -2.65. The molecule has 0 aromatic rings. The smallest absolute Gasteiger partial charge is 0.0164 e. The minimum Gasteiger partial charge on any atom is -0.318 e. The molecule has 4 rings (SSSR count). The lowest BCUT2D eigenvalue weighted by molar-refractivity contribution is -0.143. The van der Waals surface area contributed by atoms with Gasteiger partial charge in [-0.05, 0) is 74.7 Å². The SMILES string of the molecule is CNCC(C)NCC12CC3CC(C)(CC(C)(C3)C1)C2. The Labute approximate surface area is 119 Å². The molecule has 19 heavy (non-hydrogen) atoms. The minimum absolute atomic E-state index is 0.596. The molecule has 2 nitrogen and oxygen atoms in total.